The van der Waals surface area contributed by atoms with Crippen molar-refractivity contribution < 1.29 is 4.79 Å². The molecule has 3 rings (SSSR count). The Kier molecular flexibility index (Phi) is 5.14. The lowest BCUT2D eigenvalue weighted by molar-refractivity contribution is 0.0949. The summed E-state index contributed by atoms with van der Waals surface area (Å²) in [5, 5.41) is 9.70. The molecule has 0 saturated carbocycles. The van der Waals surface area contributed by atoms with E-state index in [4.69, 9.17) is 11.6 Å². The third-order valence-corrected chi connectivity index (χ3v) is 4.00. The molecule has 7 heteroatoms. The first-order valence-electron chi connectivity index (χ1n) is 8.08. The molecule has 6 nitrogen and oxygen atoms in total. The lowest BCUT2D eigenvalue weighted by Gasteiger charge is -2.12. The predicted molar refractivity (Wildman–Crippen MR) is 103 cm³/mol. The summed E-state index contributed by atoms with van der Waals surface area (Å²) >= 11 is 5.92. The van der Waals surface area contributed by atoms with E-state index in [9.17, 15) is 9.59 Å². The van der Waals surface area contributed by atoms with Crippen LogP contribution in [0.25, 0.3) is 10.8 Å². The van der Waals surface area contributed by atoms with E-state index in [1.165, 1.54) is 10.9 Å². The van der Waals surface area contributed by atoms with Crippen LogP contribution in [0.1, 0.15) is 35.9 Å². The van der Waals surface area contributed by atoms with Crippen LogP contribution in [-0.2, 0) is 0 Å². The minimum absolute atomic E-state index is 0.150. The van der Waals surface area contributed by atoms with Crippen molar-refractivity contribution in [2.75, 3.05) is 0 Å². The van der Waals surface area contributed by atoms with Crippen LogP contribution in [0.4, 0.5) is 0 Å². The molecule has 1 aromatic heterocycles. The number of fused-ring (bicyclic) bond motifs is 1. The summed E-state index contributed by atoms with van der Waals surface area (Å²) in [7, 11) is 0. The van der Waals surface area contributed by atoms with Gasteiger partial charge in [0.1, 0.15) is 0 Å². The monoisotopic (exact) mass is 368 g/mol. The molecule has 0 unspecified atom stereocenters. The van der Waals surface area contributed by atoms with Gasteiger partial charge in [0.2, 0.25) is 0 Å². The van der Waals surface area contributed by atoms with E-state index < -0.39 is 5.91 Å². The highest BCUT2D eigenvalue weighted by Crippen LogP contribution is 2.15. The van der Waals surface area contributed by atoms with Crippen molar-refractivity contribution in [1.82, 2.24) is 15.2 Å². The number of hydrazone groups is 1. The van der Waals surface area contributed by atoms with Crippen LogP contribution < -0.4 is 11.0 Å². The molecule has 1 N–H and O–H groups in total. The zero-order valence-corrected chi connectivity index (χ0v) is 15.1. The second-order valence-electron chi connectivity index (χ2n) is 5.99. The van der Waals surface area contributed by atoms with E-state index in [-0.39, 0.29) is 17.3 Å². The Morgan fingerprint density at radius 3 is 2.62 bits per heavy atom. The zero-order valence-electron chi connectivity index (χ0n) is 14.3. The second kappa shape index (κ2) is 7.49. The first kappa shape index (κ1) is 17.8. The fraction of sp³-hybridized carbons (Fsp3) is 0.158. The van der Waals surface area contributed by atoms with Crippen LogP contribution in [0.15, 0.2) is 58.4 Å². The first-order valence-corrected chi connectivity index (χ1v) is 8.45. The highest BCUT2D eigenvalue weighted by atomic mass is 35.5. The molecular formula is C19H17ClN4O2. The second-order valence-corrected chi connectivity index (χ2v) is 6.43. The Bertz CT molecular complexity index is 1060. The number of amides is 1. The number of benzene rings is 2. The molecule has 3 aromatic rings. The summed E-state index contributed by atoms with van der Waals surface area (Å²) < 4.78 is 1.30. The highest BCUT2D eigenvalue weighted by Gasteiger charge is 2.17. The molecule has 26 heavy (non-hydrogen) atoms. The lowest BCUT2D eigenvalue weighted by atomic mass is 10.1. The lowest BCUT2D eigenvalue weighted by Crippen LogP contribution is -2.30. The van der Waals surface area contributed by atoms with Crippen LogP contribution in [0.2, 0.25) is 5.02 Å². The molecular weight excluding hydrogens is 352 g/mol. The van der Waals surface area contributed by atoms with Crippen molar-refractivity contribution in [3.63, 3.8) is 0 Å². The molecule has 0 aliphatic carbocycles. The van der Waals surface area contributed by atoms with Gasteiger partial charge in [-0.15, -0.1) is 0 Å². The van der Waals surface area contributed by atoms with Crippen LogP contribution in [-0.4, -0.2) is 21.9 Å². The van der Waals surface area contributed by atoms with Gasteiger partial charge in [0.25, 0.3) is 11.5 Å². The van der Waals surface area contributed by atoms with Gasteiger partial charge in [0.05, 0.1) is 17.6 Å². The van der Waals surface area contributed by atoms with E-state index in [0.717, 1.165) is 5.56 Å². The Hall–Kier alpha value is -2.99. The summed E-state index contributed by atoms with van der Waals surface area (Å²) in [6.45, 7) is 3.67. The molecule has 2 aromatic carbocycles. The predicted octanol–water partition coefficient (Wildman–Crippen LogP) is 3.39. The summed E-state index contributed by atoms with van der Waals surface area (Å²) in [5.74, 6) is -0.492. The third-order valence-electron chi connectivity index (χ3n) is 3.76. The molecule has 0 aliphatic rings. The Morgan fingerprint density at radius 2 is 1.92 bits per heavy atom. The number of carbonyl (C=O) groups is 1. The fourth-order valence-corrected chi connectivity index (χ4v) is 2.73. The number of hydrogen-bond acceptors (Lipinski definition) is 4. The van der Waals surface area contributed by atoms with Crippen LogP contribution >= 0.6 is 11.6 Å². The maximum absolute atomic E-state index is 12.6. The van der Waals surface area contributed by atoms with E-state index in [2.05, 4.69) is 15.6 Å². The molecule has 1 amide bonds. The number of nitrogens with zero attached hydrogens (tertiary/aromatic N) is 3. The van der Waals surface area contributed by atoms with Gasteiger partial charge in [-0.3, -0.25) is 9.59 Å². The molecule has 0 atom stereocenters. The molecule has 0 saturated heterocycles. The summed E-state index contributed by atoms with van der Waals surface area (Å²) in [6.07, 6.45) is 1.49. The van der Waals surface area contributed by atoms with Gasteiger partial charge in [0.15, 0.2) is 5.69 Å². The van der Waals surface area contributed by atoms with Gasteiger partial charge in [0, 0.05) is 10.4 Å². The van der Waals surface area contributed by atoms with Crippen molar-refractivity contribution in [2.45, 2.75) is 19.9 Å². The molecule has 132 valence electrons. The maximum atomic E-state index is 12.6. The number of carbonyl (C=O) groups excluding carboxylic acids is 1. The topological polar surface area (TPSA) is 76.3 Å². The SMILES string of the molecule is CC(C)n1nc(C(=O)N/N=C\c2cccc(Cl)c2)c2ccccc2c1=O. The smallest absolute Gasteiger partial charge is 0.267 e. The standard InChI is InChI=1S/C19H17ClN4O2/c1-12(2)24-19(26)16-9-4-3-8-15(16)17(23-24)18(25)22-21-11-13-6-5-7-14(20)10-13/h3-12H,1-2H3,(H,22,25)/b21-11-. The average molecular weight is 369 g/mol. The number of halogens is 1. The van der Waals surface area contributed by atoms with Gasteiger partial charge in [-0.1, -0.05) is 41.9 Å². The number of rotatable bonds is 4. The molecule has 0 spiro atoms. The van der Waals surface area contributed by atoms with Crippen molar-refractivity contribution in [3.05, 3.63) is 75.2 Å². The highest BCUT2D eigenvalue weighted by molar-refractivity contribution is 6.30. The number of hydrogen-bond donors (Lipinski definition) is 1. The van der Waals surface area contributed by atoms with Crippen molar-refractivity contribution in [2.24, 2.45) is 5.10 Å². The molecule has 1 heterocycles. The van der Waals surface area contributed by atoms with E-state index in [1.807, 2.05) is 19.9 Å². The van der Waals surface area contributed by atoms with E-state index in [1.54, 1.807) is 42.5 Å². The van der Waals surface area contributed by atoms with Crippen LogP contribution in [0, 0.1) is 0 Å². The Morgan fingerprint density at radius 1 is 1.19 bits per heavy atom. The van der Waals surface area contributed by atoms with Crippen LogP contribution in [0.5, 0.6) is 0 Å². The van der Waals surface area contributed by atoms with E-state index >= 15 is 0 Å². The molecule has 0 radical (unpaired) electrons. The first-order chi connectivity index (χ1) is 12.5. The molecule has 0 aliphatic heterocycles. The van der Waals surface area contributed by atoms with Gasteiger partial charge in [-0.25, -0.2) is 10.1 Å². The van der Waals surface area contributed by atoms with Crippen LogP contribution in [0.3, 0.4) is 0 Å². The van der Waals surface area contributed by atoms with Gasteiger partial charge >= 0.3 is 0 Å². The Balaban J connectivity index is 1.95. The van der Waals surface area contributed by atoms with Crippen molar-refractivity contribution in [3.8, 4) is 0 Å². The maximum Gasteiger partial charge on any atom is 0.292 e. The van der Waals surface area contributed by atoms with E-state index in [0.29, 0.717) is 15.8 Å². The van der Waals surface area contributed by atoms with Gasteiger partial charge in [-0.05, 0) is 37.6 Å². The molecule has 0 fully saturated rings. The van der Waals surface area contributed by atoms with Gasteiger partial charge < -0.3 is 0 Å². The summed E-state index contributed by atoms with van der Waals surface area (Å²) in [6, 6.07) is 13.8. The minimum Gasteiger partial charge on any atom is -0.267 e. The van der Waals surface area contributed by atoms with Crippen molar-refractivity contribution in [1.29, 1.82) is 0 Å². The largest absolute Gasteiger partial charge is 0.292 e. The van der Waals surface area contributed by atoms with Gasteiger partial charge in [-0.2, -0.15) is 10.2 Å². The summed E-state index contributed by atoms with van der Waals surface area (Å²) in [4.78, 5) is 25.1. The average Bonchev–Trinajstić information content (AvgIpc) is 2.62. The quantitative estimate of drug-likeness (QED) is 0.566. The fourth-order valence-electron chi connectivity index (χ4n) is 2.53. The minimum atomic E-state index is -0.492. The Labute approximate surface area is 155 Å². The number of aromatic nitrogens is 2. The molecule has 0 bridgehead atoms. The zero-order chi connectivity index (χ0) is 18.7. The van der Waals surface area contributed by atoms with Crippen molar-refractivity contribution >= 4 is 34.5 Å². The number of nitrogens with one attached hydrogen (secondary N) is 1. The summed E-state index contributed by atoms with van der Waals surface area (Å²) in [5.41, 5.74) is 3.13. The third kappa shape index (κ3) is 3.65. The normalized spacial score (nSPS) is 11.4.